The smallest absolute Gasteiger partial charge is 0.248 e. The first-order chi connectivity index (χ1) is 14.1. The Bertz CT molecular complexity index is 1040. The van der Waals surface area contributed by atoms with Crippen LogP contribution in [0.5, 0.6) is 0 Å². The molecule has 1 unspecified atom stereocenters. The number of primary amides is 1. The summed E-state index contributed by atoms with van der Waals surface area (Å²) < 4.78 is 1.09. The number of thiazole rings is 1. The van der Waals surface area contributed by atoms with E-state index in [0.717, 1.165) is 45.9 Å². The molecule has 29 heavy (non-hydrogen) atoms. The standard InChI is InChI=1S/C22H22N4O2S/c23-22(28)18-9-5-13-26(18)14-15-6-1-2-7-16(15)24-20(27)11-12-21-25-17-8-3-4-10-19(17)29-21/h1-4,6-8,10-12,18H,5,9,13-14H2,(H2,23,28)(H,24,27)/b12-11+. The van der Waals surface area contributed by atoms with Gasteiger partial charge in [-0.3, -0.25) is 14.5 Å². The fourth-order valence-corrected chi connectivity index (χ4v) is 4.49. The summed E-state index contributed by atoms with van der Waals surface area (Å²) in [6.45, 7) is 1.40. The van der Waals surface area contributed by atoms with E-state index in [4.69, 9.17) is 5.73 Å². The first-order valence-electron chi connectivity index (χ1n) is 9.56. The lowest BCUT2D eigenvalue weighted by molar-refractivity contribution is -0.122. The van der Waals surface area contributed by atoms with Crippen LogP contribution in [0.4, 0.5) is 5.69 Å². The van der Waals surface area contributed by atoms with Gasteiger partial charge in [0.05, 0.1) is 16.3 Å². The zero-order valence-electron chi connectivity index (χ0n) is 15.9. The Morgan fingerprint density at radius 1 is 1.21 bits per heavy atom. The summed E-state index contributed by atoms with van der Waals surface area (Å²) in [7, 11) is 0. The molecule has 1 aliphatic rings. The van der Waals surface area contributed by atoms with E-state index in [1.165, 1.54) is 6.08 Å². The van der Waals surface area contributed by atoms with Crippen LogP contribution < -0.4 is 11.1 Å². The highest BCUT2D eigenvalue weighted by atomic mass is 32.1. The molecule has 1 atom stereocenters. The molecule has 0 spiro atoms. The molecule has 3 N–H and O–H groups in total. The topological polar surface area (TPSA) is 88.3 Å². The van der Waals surface area contributed by atoms with E-state index in [2.05, 4.69) is 15.2 Å². The number of hydrogen-bond donors (Lipinski definition) is 2. The van der Waals surface area contributed by atoms with E-state index < -0.39 is 0 Å². The van der Waals surface area contributed by atoms with Gasteiger partial charge in [-0.2, -0.15) is 0 Å². The molecule has 0 radical (unpaired) electrons. The highest BCUT2D eigenvalue weighted by Crippen LogP contribution is 2.24. The molecule has 2 heterocycles. The molecule has 1 aromatic heterocycles. The maximum Gasteiger partial charge on any atom is 0.248 e. The zero-order chi connectivity index (χ0) is 20.2. The van der Waals surface area contributed by atoms with Crippen molar-refractivity contribution >= 4 is 45.1 Å². The second-order valence-corrected chi connectivity index (χ2v) is 8.09. The number of benzene rings is 2. The summed E-state index contributed by atoms with van der Waals surface area (Å²) in [6, 6.07) is 15.3. The first kappa shape index (κ1) is 19.3. The van der Waals surface area contributed by atoms with Crippen LogP contribution in [0.2, 0.25) is 0 Å². The lowest BCUT2D eigenvalue weighted by Gasteiger charge is -2.23. The third-order valence-corrected chi connectivity index (χ3v) is 6.03. The summed E-state index contributed by atoms with van der Waals surface area (Å²) in [5.41, 5.74) is 8.15. The number of fused-ring (bicyclic) bond motifs is 1. The Kier molecular flexibility index (Phi) is 5.69. The number of nitrogens with two attached hydrogens (primary N) is 1. The number of carbonyl (C=O) groups is 2. The molecule has 2 aromatic carbocycles. The third-order valence-electron chi connectivity index (χ3n) is 5.03. The summed E-state index contributed by atoms with van der Waals surface area (Å²) in [6.07, 6.45) is 4.96. The van der Waals surface area contributed by atoms with Gasteiger partial charge in [0.2, 0.25) is 11.8 Å². The average Bonchev–Trinajstić information content (AvgIpc) is 3.34. The number of aromatic nitrogens is 1. The van der Waals surface area contributed by atoms with Gasteiger partial charge in [-0.1, -0.05) is 30.3 Å². The predicted molar refractivity (Wildman–Crippen MR) is 116 cm³/mol. The Hall–Kier alpha value is -3.03. The predicted octanol–water partition coefficient (Wildman–Crippen LogP) is 3.40. The van der Waals surface area contributed by atoms with Gasteiger partial charge in [-0.15, -0.1) is 11.3 Å². The summed E-state index contributed by atoms with van der Waals surface area (Å²) >= 11 is 1.54. The van der Waals surface area contributed by atoms with E-state index in [-0.39, 0.29) is 17.9 Å². The van der Waals surface area contributed by atoms with Gasteiger partial charge in [0, 0.05) is 18.3 Å². The van der Waals surface area contributed by atoms with Gasteiger partial charge in [-0.25, -0.2) is 4.98 Å². The zero-order valence-corrected chi connectivity index (χ0v) is 16.7. The third kappa shape index (κ3) is 4.52. The second-order valence-electron chi connectivity index (χ2n) is 7.03. The number of anilines is 1. The summed E-state index contributed by atoms with van der Waals surface area (Å²) in [4.78, 5) is 30.7. The fraction of sp³-hybridized carbons (Fsp3) is 0.227. The number of para-hydroxylation sites is 2. The van der Waals surface area contributed by atoms with Gasteiger partial charge < -0.3 is 11.1 Å². The Morgan fingerprint density at radius 3 is 2.83 bits per heavy atom. The molecule has 4 rings (SSSR count). The maximum atomic E-state index is 12.5. The van der Waals surface area contributed by atoms with Crippen molar-refractivity contribution in [3.05, 3.63) is 65.2 Å². The Balaban J connectivity index is 1.45. The summed E-state index contributed by atoms with van der Waals surface area (Å²) in [5, 5.41) is 3.73. The molecule has 0 saturated carbocycles. The van der Waals surface area contributed by atoms with Gasteiger partial charge >= 0.3 is 0 Å². The quantitative estimate of drug-likeness (QED) is 0.614. The van der Waals surface area contributed by atoms with Crippen molar-refractivity contribution in [2.45, 2.75) is 25.4 Å². The van der Waals surface area contributed by atoms with Crippen molar-refractivity contribution in [1.29, 1.82) is 0 Å². The van der Waals surface area contributed by atoms with Gasteiger partial charge in [0.1, 0.15) is 5.01 Å². The molecular weight excluding hydrogens is 384 g/mol. The molecule has 1 fully saturated rings. The minimum absolute atomic E-state index is 0.218. The number of nitrogens with one attached hydrogen (secondary N) is 1. The lowest BCUT2D eigenvalue weighted by Crippen LogP contribution is -2.39. The molecule has 148 valence electrons. The van der Waals surface area contributed by atoms with Crippen molar-refractivity contribution < 1.29 is 9.59 Å². The molecule has 2 amide bonds. The SMILES string of the molecule is NC(=O)C1CCCN1Cc1ccccc1NC(=O)/C=C/c1nc2ccccc2s1. The monoisotopic (exact) mass is 406 g/mol. The van der Waals surface area contributed by atoms with Crippen LogP contribution in [0.1, 0.15) is 23.4 Å². The van der Waals surface area contributed by atoms with Crippen LogP contribution in [-0.2, 0) is 16.1 Å². The fourth-order valence-electron chi connectivity index (χ4n) is 3.62. The minimum atomic E-state index is -0.289. The number of nitrogens with zero attached hydrogens (tertiary/aromatic N) is 2. The largest absolute Gasteiger partial charge is 0.368 e. The van der Waals surface area contributed by atoms with E-state index >= 15 is 0 Å². The van der Waals surface area contributed by atoms with E-state index in [0.29, 0.717) is 6.54 Å². The molecule has 6 nitrogen and oxygen atoms in total. The molecule has 1 saturated heterocycles. The van der Waals surface area contributed by atoms with Crippen molar-refractivity contribution in [2.75, 3.05) is 11.9 Å². The Morgan fingerprint density at radius 2 is 2.00 bits per heavy atom. The molecule has 0 bridgehead atoms. The number of hydrogen-bond acceptors (Lipinski definition) is 5. The van der Waals surface area contributed by atoms with E-state index in [1.54, 1.807) is 17.4 Å². The number of likely N-dealkylation sites (tertiary alicyclic amines) is 1. The van der Waals surface area contributed by atoms with Crippen molar-refractivity contribution in [3.63, 3.8) is 0 Å². The number of amides is 2. The van der Waals surface area contributed by atoms with E-state index in [1.807, 2.05) is 48.5 Å². The highest BCUT2D eigenvalue weighted by molar-refractivity contribution is 7.19. The van der Waals surface area contributed by atoms with Crippen LogP contribution in [0.15, 0.2) is 54.6 Å². The molecular formula is C22H22N4O2S. The number of carbonyl (C=O) groups excluding carboxylic acids is 2. The van der Waals surface area contributed by atoms with Gasteiger partial charge in [-0.05, 0) is 49.2 Å². The summed E-state index contributed by atoms with van der Waals surface area (Å²) in [5.74, 6) is -0.507. The molecule has 7 heteroatoms. The van der Waals surface area contributed by atoms with Crippen LogP contribution in [0.25, 0.3) is 16.3 Å². The van der Waals surface area contributed by atoms with Crippen LogP contribution in [0, 0.1) is 0 Å². The van der Waals surface area contributed by atoms with Crippen molar-refractivity contribution in [1.82, 2.24) is 9.88 Å². The normalized spacial score (nSPS) is 17.2. The van der Waals surface area contributed by atoms with E-state index in [9.17, 15) is 9.59 Å². The minimum Gasteiger partial charge on any atom is -0.368 e. The van der Waals surface area contributed by atoms with Crippen LogP contribution in [0.3, 0.4) is 0 Å². The molecule has 3 aromatic rings. The average molecular weight is 407 g/mol. The highest BCUT2D eigenvalue weighted by Gasteiger charge is 2.29. The van der Waals surface area contributed by atoms with Gasteiger partial charge in [0.25, 0.3) is 0 Å². The number of rotatable bonds is 6. The van der Waals surface area contributed by atoms with Gasteiger partial charge in [0.15, 0.2) is 0 Å². The van der Waals surface area contributed by atoms with Crippen molar-refractivity contribution in [2.24, 2.45) is 5.73 Å². The molecule has 1 aliphatic heterocycles. The van der Waals surface area contributed by atoms with Crippen molar-refractivity contribution in [3.8, 4) is 0 Å². The maximum absolute atomic E-state index is 12.5. The first-order valence-corrected chi connectivity index (χ1v) is 10.4. The second kappa shape index (κ2) is 8.55. The Labute approximate surface area is 173 Å². The van der Waals surface area contributed by atoms with Crippen LogP contribution >= 0.6 is 11.3 Å². The van der Waals surface area contributed by atoms with Crippen LogP contribution in [-0.4, -0.2) is 34.3 Å². The molecule has 0 aliphatic carbocycles. The lowest BCUT2D eigenvalue weighted by atomic mass is 10.1.